The van der Waals surface area contributed by atoms with Gasteiger partial charge in [0.1, 0.15) is 12.0 Å². The van der Waals surface area contributed by atoms with Crippen molar-refractivity contribution in [2.45, 2.75) is 13.2 Å². The molecule has 1 N–H and O–H groups in total. The molecule has 128 valence electrons. The van der Waals surface area contributed by atoms with E-state index in [-0.39, 0.29) is 5.92 Å². The van der Waals surface area contributed by atoms with E-state index in [1.54, 1.807) is 30.3 Å². The quantitative estimate of drug-likeness (QED) is 0.681. The monoisotopic (exact) mass is 340 g/mol. The zero-order valence-electron chi connectivity index (χ0n) is 13.5. The molecule has 7 heteroatoms. The molecule has 0 saturated carbocycles. The summed E-state index contributed by atoms with van der Waals surface area (Å²) in [6, 6.07) is 9.80. The average Bonchev–Trinajstić information content (AvgIpc) is 2.88. The van der Waals surface area contributed by atoms with Crippen molar-refractivity contribution in [1.29, 1.82) is 0 Å². The predicted molar refractivity (Wildman–Crippen MR) is 89.7 cm³/mol. The third-order valence-electron chi connectivity index (χ3n) is 3.93. The number of carbonyl (C=O) groups excluding carboxylic acids is 1. The number of ether oxygens (including phenoxy) is 2. The second kappa shape index (κ2) is 6.64. The van der Waals surface area contributed by atoms with Crippen LogP contribution in [0.15, 0.2) is 76.4 Å². The lowest BCUT2D eigenvalue weighted by Crippen LogP contribution is -2.33. The summed E-state index contributed by atoms with van der Waals surface area (Å²) in [5, 5.41) is 0. The van der Waals surface area contributed by atoms with Gasteiger partial charge in [0.2, 0.25) is 0 Å². The van der Waals surface area contributed by atoms with Crippen LogP contribution in [0.4, 0.5) is 0 Å². The number of aromatic amines is 1. The fourth-order valence-electron chi connectivity index (χ4n) is 2.58. The number of benzene rings is 1. The maximum absolute atomic E-state index is 12.0. The van der Waals surface area contributed by atoms with E-state index in [9.17, 15) is 14.4 Å². The first-order valence-corrected chi connectivity index (χ1v) is 7.61. The van der Waals surface area contributed by atoms with Crippen LogP contribution in [0, 0.1) is 5.92 Å². The van der Waals surface area contributed by atoms with E-state index in [0.717, 1.165) is 0 Å². The fourth-order valence-corrected chi connectivity index (χ4v) is 2.58. The molecule has 1 fully saturated rings. The molecule has 3 rings (SSSR count). The maximum Gasteiger partial charge on any atom is 0.342 e. The van der Waals surface area contributed by atoms with Gasteiger partial charge in [-0.1, -0.05) is 31.7 Å². The normalized spacial score (nSPS) is 21.2. The highest BCUT2D eigenvalue weighted by Gasteiger charge is 2.35. The summed E-state index contributed by atoms with van der Waals surface area (Å²) in [7, 11) is 0. The lowest BCUT2D eigenvalue weighted by molar-refractivity contribution is 0.0649. The molecule has 1 aromatic heterocycles. The van der Waals surface area contributed by atoms with Crippen molar-refractivity contribution in [3.8, 4) is 0 Å². The second-order valence-electron chi connectivity index (χ2n) is 5.58. The molecule has 2 unspecified atom stereocenters. The molecule has 25 heavy (non-hydrogen) atoms. The van der Waals surface area contributed by atoms with E-state index < -0.39 is 23.4 Å². The van der Waals surface area contributed by atoms with Crippen molar-refractivity contribution in [3.63, 3.8) is 0 Å². The van der Waals surface area contributed by atoms with Gasteiger partial charge >= 0.3 is 11.7 Å². The topological polar surface area (TPSA) is 90.4 Å². The van der Waals surface area contributed by atoms with Gasteiger partial charge in [0.15, 0.2) is 6.23 Å². The van der Waals surface area contributed by atoms with Crippen LogP contribution in [0.5, 0.6) is 0 Å². The minimum absolute atomic E-state index is 0.302. The molecule has 1 aliphatic rings. The minimum atomic E-state index is -0.682. The maximum atomic E-state index is 12.0. The highest BCUT2D eigenvalue weighted by Crippen LogP contribution is 2.39. The fraction of sp³-hybridized carbons (Fsp3) is 0.167. The second-order valence-corrected chi connectivity index (χ2v) is 5.58. The van der Waals surface area contributed by atoms with Gasteiger partial charge in [0, 0.05) is 23.8 Å². The summed E-state index contributed by atoms with van der Waals surface area (Å²) in [6.07, 6.45) is 1.96. The minimum Gasteiger partial charge on any atom is -0.470 e. The smallest absolute Gasteiger partial charge is 0.342 e. The molecule has 1 saturated heterocycles. The first kappa shape index (κ1) is 16.5. The molecule has 1 aromatic carbocycles. The average molecular weight is 340 g/mol. The Morgan fingerprint density at radius 2 is 2.00 bits per heavy atom. The summed E-state index contributed by atoms with van der Waals surface area (Å²) in [6.45, 7) is 5.60. The number of hydrogen-bond acceptors (Lipinski definition) is 5. The summed E-state index contributed by atoms with van der Waals surface area (Å²) in [5.41, 5.74) is -0.0877. The van der Waals surface area contributed by atoms with Crippen LogP contribution < -0.4 is 11.2 Å². The molecule has 2 aromatic rings. The van der Waals surface area contributed by atoms with Crippen molar-refractivity contribution >= 4 is 5.97 Å². The zero-order chi connectivity index (χ0) is 18.0. The Morgan fingerprint density at radius 3 is 2.68 bits per heavy atom. The van der Waals surface area contributed by atoms with E-state index in [1.807, 2.05) is 6.92 Å². The van der Waals surface area contributed by atoms with Gasteiger partial charge in [-0.25, -0.2) is 9.59 Å². The van der Waals surface area contributed by atoms with Crippen LogP contribution in [0.3, 0.4) is 0 Å². The molecule has 0 aliphatic carbocycles. The van der Waals surface area contributed by atoms with Crippen LogP contribution in [0.25, 0.3) is 0 Å². The number of H-pyrrole nitrogens is 1. The Morgan fingerprint density at radius 1 is 1.28 bits per heavy atom. The molecule has 0 spiro atoms. The predicted octanol–water partition coefficient (Wildman–Crippen LogP) is 1.96. The summed E-state index contributed by atoms with van der Waals surface area (Å²) in [5.74, 6) is -0.506. The summed E-state index contributed by atoms with van der Waals surface area (Å²) >= 11 is 0. The van der Waals surface area contributed by atoms with Gasteiger partial charge in [-0.15, -0.1) is 0 Å². The molecule has 0 bridgehead atoms. The number of aromatic nitrogens is 2. The van der Waals surface area contributed by atoms with Gasteiger partial charge < -0.3 is 9.47 Å². The van der Waals surface area contributed by atoms with Crippen LogP contribution in [-0.2, 0) is 9.47 Å². The SMILES string of the molecule is C=C1OC(n2ccc(=O)[nH]c2=O)C(C)C1=COC(=O)c1ccccc1. The number of hydrogen-bond donors (Lipinski definition) is 1. The summed E-state index contributed by atoms with van der Waals surface area (Å²) < 4.78 is 12.1. The standard InChI is InChI=1S/C18H16N2O5/c1-11-14(10-24-17(22)13-6-4-3-5-7-13)12(2)25-16(11)20-9-8-15(21)19-18(20)23/h3-11,16H,2H2,1H3,(H,19,21,23). The number of nitrogens with zero attached hydrogens (tertiary/aromatic N) is 1. The lowest BCUT2D eigenvalue weighted by atomic mass is 10.0. The molecular formula is C18H16N2O5. The van der Waals surface area contributed by atoms with Crippen molar-refractivity contribution in [2.24, 2.45) is 5.92 Å². The van der Waals surface area contributed by atoms with E-state index in [1.165, 1.54) is 23.1 Å². The molecular weight excluding hydrogens is 324 g/mol. The van der Waals surface area contributed by atoms with Crippen molar-refractivity contribution in [3.05, 3.63) is 93.2 Å². The number of nitrogens with one attached hydrogen (secondary N) is 1. The Hall–Kier alpha value is -3.35. The van der Waals surface area contributed by atoms with E-state index >= 15 is 0 Å². The van der Waals surface area contributed by atoms with Crippen LogP contribution in [-0.4, -0.2) is 15.5 Å². The van der Waals surface area contributed by atoms with Gasteiger partial charge in [0.25, 0.3) is 5.56 Å². The molecule has 2 heterocycles. The van der Waals surface area contributed by atoms with Gasteiger partial charge in [0.05, 0.1) is 5.56 Å². The molecule has 0 amide bonds. The van der Waals surface area contributed by atoms with Crippen LogP contribution in [0.1, 0.15) is 23.5 Å². The third kappa shape index (κ3) is 3.30. The van der Waals surface area contributed by atoms with Crippen molar-refractivity contribution in [2.75, 3.05) is 0 Å². The third-order valence-corrected chi connectivity index (χ3v) is 3.93. The number of esters is 1. The number of allylic oxidation sites excluding steroid dienone is 1. The van der Waals surface area contributed by atoms with Gasteiger partial charge in [-0.3, -0.25) is 14.3 Å². The Bertz CT molecular complexity index is 955. The first-order chi connectivity index (χ1) is 12.0. The first-order valence-electron chi connectivity index (χ1n) is 7.61. The van der Waals surface area contributed by atoms with Gasteiger partial charge in [-0.05, 0) is 12.1 Å². The van der Waals surface area contributed by atoms with Crippen LogP contribution >= 0.6 is 0 Å². The Labute approximate surface area is 142 Å². The Kier molecular flexibility index (Phi) is 4.38. The molecule has 2 atom stereocenters. The highest BCUT2D eigenvalue weighted by molar-refractivity contribution is 5.89. The van der Waals surface area contributed by atoms with Crippen molar-refractivity contribution in [1.82, 2.24) is 9.55 Å². The largest absolute Gasteiger partial charge is 0.470 e. The number of rotatable bonds is 3. The molecule has 0 radical (unpaired) electrons. The Balaban J connectivity index is 1.81. The highest BCUT2D eigenvalue weighted by atomic mass is 16.5. The van der Waals surface area contributed by atoms with E-state index in [0.29, 0.717) is 16.9 Å². The lowest BCUT2D eigenvalue weighted by Gasteiger charge is -2.16. The number of carbonyl (C=O) groups is 1. The van der Waals surface area contributed by atoms with E-state index in [2.05, 4.69) is 11.6 Å². The van der Waals surface area contributed by atoms with Gasteiger partial charge in [-0.2, -0.15) is 0 Å². The molecule has 1 aliphatic heterocycles. The van der Waals surface area contributed by atoms with E-state index in [4.69, 9.17) is 9.47 Å². The molecule has 7 nitrogen and oxygen atoms in total. The van der Waals surface area contributed by atoms with Crippen LogP contribution in [0.2, 0.25) is 0 Å². The zero-order valence-corrected chi connectivity index (χ0v) is 13.5. The summed E-state index contributed by atoms with van der Waals surface area (Å²) in [4.78, 5) is 37.3. The van der Waals surface area contributed by atoms with Crippen molar-refractivity contribution < 1.29 is 14.3 Å².